The van der Waals surface area contributed by atoms with Crippen molar-refractivity contribution in [1.29, 1.82) is 0 Å². The fourth-order valence-electron chi connectivity index (χ4n) is 1.89. The van der Waals surface area contributed by atoms with Crippen molar-refractivity contribution >= 4 is 37.4 Å². The summed E-state index contributed by atoms with van der Waals surface area (Å²) in [4.78, 5) is 18.7. The van der Waals surface area contributed by atoms with Crippen LogP contribution in [0.5, 0.6) is 11.5 Å². The van der Waals surface area contributed by atoms with Gasteiger partial charge in [0, 0.05) is 0 Å². The van der Waals surface area contributed by atoms with E-state index in [2.05, 4.69) is 0 Å². The van der Waals surface area contributed by atoms with Gasteiger partial charge in [0.15, 0.2) is 0 Å². The predicted molar refractivity (Wildman–Crippen MR) is 71.1 cm³/mol. The number of ether oxygens (including phenoxy) is 1. The van der Waals surface area contributed by atoms with Gasteiger partial charge < -0.3 is 0 Å². The quantitative estimate of drug-likeness (QED) is 0.488. The Labute approximate surface area is 110 Å². The van der Waals surface area contributed by atoms with Gasteiger partial charge in [0.1, 0.15) is 0 Å². The van der Waals surface area contributed by atoms with Crippen molar-refractivity contribution in [3.05, 3.63) is 42.5 Å². The second-order valence-electron chi connectivity index (χ2n) is 3.92. The molecule has 0 radical (unpaired) electrons. The monoisotopic (exact) mass is 324 g/mol. The van der Waals surface area contributed by atoms with E-state index < -0.39 is 23.3 Å². The second kappa shape index (κ2) is 4.25. The van der Waals surface area contributed by atoms with Gasteiger partial charge >= 0.3 is 110 Å². The van der Waals surface area contributed by atoms with Crippen LogP contribution in [0.15, 0.2) is 42.5 Å². The first-order valence-electron chi connectivity index (χ1n) is 5.29. The van der Waals surface area contributed by atoms with E-state index in [4.69, 9.17) is 4.74 Å². The molecular formula is C12H10AsO4P. The minimum atomic E-state index is -4.24. The van der Waals surface area contributed by atoms with E-state index in [1.807, 2.05) is 24.3 Å². The molecule has 0 saturated heterocycles. The van der Waals surface area contributed by atoms with E-state index in [9.17, 15) is 14.4 Å². The summed E-state index contributed by atoms with van der Waals surface area (Å²) < 4.78 is 18.9. The van der Waals surface area contributed by atoms with Gasteiger partial charge in [0.05, 0.1) is 0 Å². The van der Waals surface area contributed by atoms with Crippen LogP contribution >= 0.6 is 7.60 Å². The summed E-state index contributed by atoms with van der Waals surface area (Å²) in [7, 11) is -4.24. The van der Waals surface area contributed by atoms with Crippen LogP contribution in [0.3, 0.4) is 0 Å². The Kier molecular flexibility index (Phi) is 2.84. The van der Waals surface area contributed by atoms with Gasteiger partial charge in [-0.3, -0.25) is 0 Å². The van der Waals surface area contributed by atoms with Crippen LogP contribution in [0.1, 0.15) is 0 Å². The van der Waals surface area contributed by atoms with Gasteiger partial charge in [-0.25, -0.2) is 0 Å². The Morgan fingerprint density at radius 1 is 1.00 bits per heavy atom. The molecule has 3 rings (SSSR count). The molecular weight excluding hydrogens is 314 g/mol. The third-order valence-corrected chi connectivity index (χ3v) is 7.16. The number of benzene rings is 2. The summed E-state index contributed by atoms with van der Waals surface area (Å²) in [5.74, 6) is 1.38. The molecule has 18 heavy (non-hydrogen) atoms. The van der Waals surface area contributed by atoms with Gasteiger partial charge in [-0.2, -0.15) is 0 Å². The number of hydrogen-bond acceptors (Lipinski definition) is 2. The minimum absolute atomic E-state index is 0.106. The molecule has 1 heterocycles. The summed E-state index contributed by atoms with van der Waals surface area (Å²) in [6.45, 7) is 0. The summed E-state index contributed by atoms with van der Waals surface area (Å²) >= 11 is -0.781. The predicted octanol–water partition coefficient (Wildman–Crippen LogP) is -0.0174. The Morgan fingerprint density at radius 3 is 2.50 bits per heavy atom. The van der Waals surface area contributed by atoms with Gasteiger partial charge in [0.25, 0.3) is 0 Å². The van der Waals surface area contributed by atoms with Crippen molar-refractivity contribution in [2.75, 3.05) is 0 Å². The van der Waals surface area contributed by atoms with Crippen LogP contribution in [0.25, 0.3) is 0 Å². The van der Waals surface area contributed by atoms with Gasteiger partial charge in [-0.15, -0.1) is 0 Å². The Balaban J connectivity index is 2.17. The Morgan fingerprint density at radius 2 is 1.72 bits per heavy atom. The van der Waals surface area contributed by atoms with Crippen LogP contribution in [-0.2, 0) is 4.57 Å². The normalized spacial score (nSPS) is 14.8. The SMILES string of the molecule is O=P(O)(O)c1cccc2c1[AsH]c1ccccc1O2. The van der Waals surface area contributed by atoms with Crippen LogP contribution < -0.4 is 18.7 Å². The average molecular weight is 324 g/mol. The first-order valence-corrected chi connectivity index (χ1v) is 9.00. The molecule has 1 aliphatic heterocycles. The van der Waals surface area contributed by atoms with Gasteiger partial charge in [-0.1, -0.05) is 0 Å². The van der Waals surface area contributed by atoms with Crippen molar-refractivity contribution in [2.24, 2.45) is 0 Å². The number of hydrogen-bond donors (Lipinski definition) is 2. The molecule has 0 bridgehead atoms. The topological polar surface area (TPSA) is 66.8 Å². The van der Waals surface area contributed by atoms with Gasteiger partial charge in [-0.05, 0) is 0 Å². The second-order valence-corrected chi connectivity index (χ2v) is 8.19. The van der Waals surface area contributed by atoms with Crippen molar-refractivity contribution in [1.82, 2.24) is 0 Å². The maximum absolute atomic E-state index is 11.5. The van der Waals surface area contributed by atoms with Crippen LogP contribution in [0.2, 0.25) is 0 Å². The van der Waals surface area contributed by atoms with Crippen molar-refractivity contribution in [2.45, 2.75) is 0 Å². The molecule has 2 aromatic carbocycles. The molecule has 4 nitrogen and oxygen atoms in total. The van der Waals surface area contributed by atoms with Crippen LogP contribution in [-0.4, -0.2) is 25.5 Å². The van der Waals surface area contributed by atoms with Gasteiger partial charge in [0.2, 0.25) is 0 Å². The zero-order chi connectivity index (χ0) is 12.8. The average Bonchev–Trinajstić information content (AvgIpc) is 2.34. The van der Waals surface area contributed by atoms with Crippen molar-refractivity contribution in [3.63, 3.8) is 0 Å². The maximum atomic E-state index is 11.5. The first kappa shape index (κ1) is 12.0. The molecule has 1 aliphatic rings. The number of rotatable bonds is 1. The summed E-state index contributed by atoms with van der Waals surface area (Å²) in [5.41, 5.74) is 0. The third-order valence-electron chi connectivity index (χ3n) is 2.68. The van der Waals surface area contributed by atoms with E-state index in [-0.39, 0.29) is 5.30 Å². The van der Waals surface area contributed by atoms with Crippen LogP contribution in [0.4, 0.5) is 0 Å². The third kappa shape index (κ3) is 2.02. The van der Waals surface area contributed by atoms with E-state index in [1.54, 1.807) is 12.1 Å². The first-order chi connectivity index (χ1) is 8.55. The molecule has 2 N–H and O–H groups in total. The van der Waals surface area contributed by atoms with Crippen LogP contribution in [0, 0.1) is 0 Å². The molecule has 2 aromatic rings. The fraction of sp³-hybridized carbons (Fsp3) is 0. The standard InChI is InChI=1S/C12H10AsO4P/c14-18(15,16)11-7-3-6-10-12(11)13-8-4-1-2-5-9(8)17-10/h1-7,13H,(H2,14,15,16). The van der Waals surface area contributed by atoms with Crippen molar-refractivity contribution < 1.29 is 19.1 Å². The summed E-state index contributed by atoms with van der Waals surface area (Å²) in [6, 6.07) is 12.5. The molecule has 0 amide bonds. The van der Waals surface area contributed by atoms with E-state index in [0.29, 0.717) is 10.1 Å². The Hall–Kier alpha value is -1.05. The fourth-order valence-corrected chi connectivity index (χ4v) is 6.24. The van der Waals surface area contributed by atoms with E-state index in [0.717, 1.165) is 10.1 Å². The molecule has 0 aliphatic carbocycles. The summed E-state index contributed by atoms with van der Waals surface area (Å²) in [6.07, 6.45) is 0. The zero-order valence-electron chi connectivity index (χ0n) is 9.20. The molecule has 92 valence electrons. The molecule has 1 unspecified atom stereocenters. The zero-order valence-corrected chi connectivity index (χ0v) is 12.2. The van der Waals surface area contributed by atoms with E-state index in [1.165, 1.54) is 6.07 Å². The molecule has 0 aromatic heterocycles. The van der Waals surface area contributed by atoms with E-state index >= 15 is 0 Å². The molecule has 6 heteroatoms. The molecule has 0 saturated carbocycles. The number of fused-ring (bicyclic) bond motifs is 2. The summed E-state index contributed by atoms with van der Waals surface area (Å²) in [5, 5.41) is 0.106. The molecule has 0 spiro atoms. The molecule has 1 atom stereocenters. The Bertz CT molecular complexity index is 665. The number of para-hydroxylation sites is 1. The molecule has 0 fully saturated rings. The van der Waals surface area contributed by atoms with Crippen molar-refractivity contribution in [3.8, 4) is 11.5 Å².